The van der Waals surface area contributed by atoms with Crippen LogP contribution in [0, 0.1) is 0 Å². The molecule has 0 bridgehead atoms. The van der Waals surface area contributed by atoms with Crippen LogP contribution in [0.2, 0.25) is 0 Å². The van der Waals surface area contributed by atoms with Crippen LogP contribution in [-0.2, 0) is 11.8 Å². The van der Waals surface area contributed by atoms with Crippen LogP contribution in [0.25, 0.3) is 0 Å². The van der Waals surface area contributed by atoms with Crippen LogP contribution in [0.1, 0.15) is 12.8 Å². The number of hydrogen-bond donors (Lipinski definition) is 3. The molecule has 4 N–H and O–H groups in total. The number of anilines is 2. The maximum absolute atomic E-state index is 11.5. The molecule has 0 aliphatic carbocycles. The van der Waals surface area contributed by atoms with E-state index in [-0.39, 0.29) is 11.5 Å². The fourth-order valence-corrected chi connectivity index (χ4v) is 1.39. The molecule has 0 aliphatic rings. The fourth-order valence-electron chi connectivity index (χ4n) is 1.39. The van der Waals surface area contributed by atoms with Crippen LogP contribution < -0.4 is 22.3 Å². The molecule has 1 heterocycles. The molecule has 96 valence electrons. The van der Waals surface area contributed by atoms with Gasteiger partial charge in [-0.15, -0.1) is 0 Å². The quantitative estimate of drug-likeness (QED) is 0.583. The maximum Gasteiger partial charge on any atom is 0.329 e. The molecule has 0 fully saturated rings. The van der Waals surface area contributed by atoms with Crippen molar-refractivity contribution < 1.29 is 4.74 Å². The number of nitrogens with zero attached hydrogens (tertiary/aromatic N) is 1. The summed E-state index contributed by atoms with van der Waals surface area (Å²) in [4.78, 5) is 24.9. The van der Waals surface area contributed by atoms with Gasteiger partial charge in [0.05, 0.1) is 0 Å². The lowest BCUT2D eigenvalue weighted by molar-refractivity contribution is 0.194. The summed E-state index contributed by atoms with van der Waals surface area (Å²) in [5.41, 5.74) is 4.92. The Kier molecular flexibility index (Phi) is 4.77. The molecule has 7 nitrogen and oxygen atoms in total. The number of rotatable bonds is 6. The van der Waals surface area contributed by atoms with Gasteiger partial charge in [0.25, 0.3) is 5.56 Å². The highest BCUT2D eigenvalue weighted by Gasteiger charge is 2.08. The molecule has 0 spiro atoms. The number of aromatic amines is 1. The average Bonchev–Trinajstić information content (AvgIpc) is 2.30. The van der Waals surface area contributed by atoms with Crippen LogP contribution >= 0.6 is 0 Å². The first-order valence-electron chi connectivity index (χ1n) is 5.39. The zero-order chi connectivity index (χ0) is 12.8. The van der Waals surface area contributed by atoms with Crippen molar-refractivity contribution in [2.24, 2.45) is 7.05 Å². The zero-order valence-corrected chi connectivity index (χ0v) is 10.1. The van der Waals surface area contributed by atoms with Gasteiger partial charge < -0.3 is 15.8 Å². The second-order valence-electron chi connectivity index (χ2n) is 3.71. The number of unbranched alkanes of at least 4 members (excludes halogenated alkanes) is 1. The van der Waals surface area contributed by atoms with E-state index in [0.717, 1.165) is 12.8 Å². The van der Waals surface area contributed by atoms with Gasteiger partial charge in [0.15, 0.2) is 0 Å². The minimum absolute atomic E-state index is 0.144. The van der Waals surface area contributed by atoms with E-state index in [1.54, 1.807) is 7.11 Å². The van der Waals surface area contributed by atoms with Crippen LogP contribution in [0.15, 0.2) is 9.59 Å². The van der Waals surface area contributed by atoms with Crippen LogP contribution in [-0.4, -0.2) is 29.8 Å². The highest BCUT2D eigenvalue weighted by Crippen LogP contribution is 2.08. The van der Waals surface area contributed by atoms with Gasteiger partial charge in [-0.3, -0.25) is 14.3 Å². The second kappa shape index (κ2) is 6.09. The number of nitrogens with one attached hydrogen (secondary N) is 2. The standard InChI is InChI=1S/C10H18N4O3/c1-14-8(11)7(9(15)13-10(14)16)12-5-3-4-6-17-2/h12H,3-6,11H2,1-2H3,(H,13,15,16). The number of H-pyrrole nitrogens is 1. The van der Waals surface area contributed by atoms with Crippen LogP contribution in [0.3, 0.4) is 0 Å². The van der Waals surface area contributed by atoms with Crippen molar-refractivity contribution >= 4 is 11.5 Å². The number of nitrogens with two attached hydrogens (primary N) is 1. The summed E-state index contributed by atoms with van der Waals surface area (Å²) in [6, 6.07) is 0. The first kappa shape index (κ1) is 13.3. The molecule has 1 aromatic rings. The van der Waals surface area contributed by atoms with E-state index < -0.39 is 11.2 Å². The Morgan fingerprint density at radius 2 is 2.12 bits per heavy atom. The van der Waals surface area contributed by atoms with E-state index >= 15 is 0 Å². The Bertz CT molecular complexity index is 477. The topological polar surface area (TPSA) is 102 Å². The van der Waals surface area contributed by atoms with Crippen molar-refractivity contribution in [1.29, 1.82) is 0 Å². The Morgan fingerprint density at radius 1 is 1.41 bits per heavy atom. The molecule has 0 saturated heterocycles. The summed E-state index contributed by atoms with van der Waals surface area (Å²) in [5, 5.41) is 2.92. The molecule has 1 rings (SSSR count). The zero-order valence-electron chi connectivity index (χ0n) is 10.1. The molecule has 0 atom stereocenters. The number of methoxy groups -OCH3 is 1. The molecule has 7 heteroatoms. The van der Waals surface area contributed by atoms with Gasteiger partial charge in [-0.1, -0.05) is 0 Å². The molecule has 0 saturated carbocycles. The average molecular weight is 242 g/mol. The number of nitrogen functional groups attached to an aromatic ring is 1. The Balaban J connectivity index is 2.69. The molecule has 0 amide bonds. The number of hydrogen-bond acceptors (Lipinski definition) is 5. The van der Waals surface area contributed by atoms with Crippen molar-refractivity contribution in [1.82, 2.24) is 9.55 Å². The normalized spacial score (nSPS) is 10.5. The number of aromatic nitrogens is 2. The summed E-state index contributed by atoms with van der Waals surface area (Å²) in [6.45, 7) is 1.29. The fraction of sp³-hybridized carbons (Fsp3) is 0.600. The lowest BCUT2D eigenvalue weighted by atomic mass is 10.3. The highest BCUT2D eigenvalue weighted by molar-refractivity contribution is 5.60. The highest BCUT2D eigenvalue weighted by atomic mass is 16.5. The Morgan fingerprint density at radius 3 is 2.76 bits per heavy atom. The first-order chi connectivity index (χ1) is 8.07. The molecular formula is C10H18N4O3. The van der Waals surface area contributed by atoms with E-state index in [1.807, 2.05) is 0 Å². The molecule has 1 aromatic heterocycles. The van der Waals surface area contributed by atoms with Gasteiger partial charge in [-0.2, -0.15) is 0 Å². The van der Waals surface area contributed by atoms with Crippen LogP contribution in [0.4, 0.5) is 11.5 Å². The minimum atomic E-state index is -0.516. The second-order valence-corrected chi connectivity index (χ2v) is 3.71. The third-order valence-electron chi connectivity index (χ3n) is 2.45. The molecular weight excluding hydrogens is 224 g/mol. The van der Waals surface area contributed by atoms with Crippen molar-refractivity contribution in [2.45, 2.75) is 12.8 Å². The van der Waals surface area contributed by atoms with Crippen molar-refractivity contribution in [2.75, 3.05) is 31.3 Å². The maximum atomic E-state index is 11.5. The van der Waals surface area contributed by atoms with Crippen molar-refractivity contribution in [3.8, 4) is 0 Å². The van der Waals surface area contributed by atoms with Gasteiger partial charge in [-0.05, 0) is 12.8 Å². The van der Waals surface area contributed by atoms with Crippen LogP contribution in [0.5, 0.6) is 0 Å². The van der Waals surface area contributed by atoms with E-state index in [1.165, 1.54) is 11.6 Å². The summed E-state index contributed by atoms with van der Waals surface area (Å²) in [6.07, 6.45) is 1.75. The van der Waals surface area contributed by atoms with Gasteiger partial charge >= 0.3 is 5.69 Å². The molecule has 0 radical (unpaired) electrons. The monoisotopic (exact) mass is 242 g/mol. The van der Waals surface area contributed by atoms with E-state index in [9.17, 15) is 9.59 Å². The molecule has 0 aliphatic heterocycles. The molecule has 0 aromatic carbocycles. The third-order valence-corrected chi connectivity index (χ3v) is 2.45. The predicted molar refractivity (Wildman–Crippen MR) is 66.3 cm³/mol. The predicted octanol–water partition coefficient (Wildman–Crippen LogP) is -0.506. The van der Waals surface area contributed by atoms with E-state index in [4.69, 9.17) is 10.5 Å². The van der Waals surface area contributed by atoms with Gasteiger partial charge in [0.2, 0.25) is 0 Å². The van der Waals surface area contributed by atoms with Gasteiger partial charge in [0.1, 0.15) is 11.5 Å². The summed E-state index contributed by atoms with van der Waals surface area (Å²) in [5.74, 6) is 0.144. The smallest absolute Gasteiger partial charge is 0.329 e. The van der Waals surface area contributed by atoms with E-state index in [2.05, 4.69) is 10.3 Å². The van der Waals surface area contributed by atoms with Crippen molar-refractivity contribution in [3.63, 3.8) is 0 Å². The molecule has 17 heavy (non-hydrogen) atoms. The largest absolute Gasteiger partial charge is 0.385 e. The SMILES string of the molecule is COCCCCNc1c(N)n(C)c(=O)[nH]c1=O. The molecule has 0 unspecified atom stereocenters. The van der Waals surface area contributed by atoms with Gasteiger partial charge in [-0.25, -0.2) is 4.79 Å². The minimum Gasteiger partial charge on any atom is -0.385 e. The lowest BCUT2D eigenvalue weighted by Crippen LogP contribution is -2.32. The van der Waals surface area contributed by atoms with Gasteiger partial charge in [0, 0.05) is 27.3 Å². The van der Waals surface area contributed by atoms with Crippen molar-refractivity contribution in [3.05, 3.63) is 20.8 Å². The summed E-state index contributed by atoms with van der Waals surface area (Å²) in [7, 11) is 3.15. The lowest BCUT2D eigenvalue weighted by Gasteiger charge is -2.10. The number of ether oxygens (including phenoxy) is 1. The Labute approximate surface area is 98.6 Å². The first-order valence-corrected chi connectivity index (χ1v) is 5.39. The van der Waals surface area contributed by atoms with E-state index in [0.29, 0.717) is 13.2 Å². The Hall–Kier alpha value is -1.76. The third kappa shape index (κ3) is 3.35. The summed E-state index contributed by atoms with van der Waals surface area (Å²) < 4.78 is 6.10. The summed E-state index contributed by atoms with van der Waals surface area (Å²) >= 11 is 0.